The fourth-order valence-electron chi connectivity index (χ4n) is 2.16. The minimum absolute atomic E-state index is 0.0442. The molecule has 0 aliphatic heterocycles. The number of benzene rings is 1. The first kappa shape index (κ1) is 17.4. The van der Waals surface area contributed by atoms with E-state index in [1.54, 1.807) is 4.90 Å². The normalized spacial score (nSPS) is 13.6. The summed E-state index contributed by atoms with van der Waals surface area (Å²) < 4.78 is 0. The summed E-state index contributed by atoms with van der Waals surface area (Å²) in [6, 6.07) is 4.04. The first-order valence-corrected chi connectivity index (χ1v) is 7.47. The highest BCUT2D eigenvalue weighted by atomic mass is 35.5. The number of rotatable bonds is 6. The smallest absolute Gasteiger partial charge is 0.270 e. The first-order chi connectivity index (χ1) is 9.83. The Hall–Kier alpha value is -1.62. The van der Waals surface area contributed by atoms with E-state index in [1.165, 1.54) is 18.2 Å². The van der Waals surface area contributed by atoms with Crippen LogP contribution in [0.5, 0.6) is 0 Å². The number of amides is 1. The van der Waals surface area contributed by atoms with Crippen molar-refractivity contribution in [2.75, 3.05) is 0 Å². The third-order valence-corrected chi connectivity index (χ3v) is 4.09. The van der Waals surface area contributed by atoms with Gasteiger partial charge in [0.15, 0.2) is 0 Å². The molecule has 0 N–H and O–H groups in total. The number of nitrogens with zero attached hydrogens (tertiary/aromatic N) is 2. The van der Waals surface area contributed by atoms with E-state index < -0.39 is 4.92 Å². The van der Waals surface area contributed by atoms with Gasteiger partial charge in [-0.3, -0.25) is 14.9 Å². The number of nitro benzene ring substituents is 1. The molecule has 1 aromatic rings. The predicted octanol–water partition coefficient (Wildman–Crippen LogP) is 4.29. The van der Waals surface area contributed by atoms with Crippen LogP contribution in [0.1, 0.15) is 50.9 Å². The Balaban J connectivity index is 3.26. The Morgan fingerprint density at radius 1 is 1.29 bits per heavy atom. The molecule has 116 valence electrons. The summed E-state index contributed by atoms with van der Waals surface area (Å²) in [5.74, 6) is -0.257. The van der Waals surface area contributed by atoms with Crippen molar-refractivity contribution >= 4 is 23.2 Å². The van der Waals surface area contributed by atoms with E-state index in [0.717, 1.165) is 12.8 Å². The monoisotopic (exact) mass is 312 g/mol. The van der Waals surface area contributed by atoms with E-state index in [9.17, 15) is 14.9 Å². The van der Waals surface area contributed by atoms with E-state index in [0.29, 0.717) is 0 Å². The summed E-state index contributed by atoms with van der Waals surface area (Å²) in [6.45, 7) is 7.94. The number of non-ortho nitro benzene ring substituents is 1. The second kappa shape index (κ2) is 7.41. The van der Waals surface area contributed by atoms with Crippen molar-refractivity contribution < 1.29 is 9.72 Å². The molecule has 0 aliphatic carbocycles. The number of carbonyl (C=O) groups is 1. The summed E-state index contributed by atoms with van der Waals surface area (Å²) in [5, 5.41) is 11.1. The van der Waals surface area contributed by atoms with Gasteiger partial charge in [0.25, 0.3) is 11.6 Å². The molecule has 0 saturated heterocycles. The maximum absolute atomic E-state index is 12.8. The van der Waals surface area contributed by atoms with E-state index in [-0.39, 0.29) is 34.3 Å². The fraction of sp³-hybridized carbons (Fsp3) is 0.533. The Kier molecular flexibility index (Phi) is 6.15. The maximum Gasteiger partial charge on any atom is 0.270 e. The van der Waals surface area contributed by atoms with Gasteiger partial charge < -0.3 is 4.90 Å². The number of nitro groups is 1. The molecule has 0 fully saturated rings. The van der Waals surface area contributed by atoms with Crippen molar-refractivity contribution in [2.45, 2.75) is 52.6 Å². The van der Waals surface area contributed by atoms with Crippen molar-refractivity contribution in [3.63, 3.8) is 0 Å². The van der Waals surface area contributed by atoms with Crippen LogP contribution < -0.4 is 0 Å². The van der Waals surface area contributed by atoms with Crippen LogP contribution in [0.4, 0.5) is 5.69 Å². The van der Waals surface area contributed by atoms with Crippen LogP contribution in [0.3, 0.4) is 0 Å². The molecule has 21 heavy (non-hydrogen) atoms. The highest BCUT2D eigenvalue weighted by Crippen LogP contribution is 2.25. The Labute approximate surface area is 130 Å². The van der Waals surface area contributed by atoms with Crippen LogP contribution in [-0.4, -0.2) is 27.8 Å². The minimum atomic E-state index is -0.524. The van der Waals surface area contributed by atoms with Gasteiger partial charge in [0, 0.05) is 24.2 Å². The van der Waals surface area contributed by atoms with Gasteiger partial charge in [0.2, 0.25) is 0 Å². The number of carbonyl (C=O) groups excluding carboxylic acids is 1. The number of hydrogen-bond acceptors (Lipinski definition) is 3. The van der Waals surface area contributed by atoms with E-state index >= 15 is 0 Å². The zero-order chi connectivity index (χ0) is 16.2. The van der Waals surface area contributed by atoms with Gasteiger partial charge in [-0.1, -0.05) is 25.4 Å². The molecule has 0 bridgehead atoms. The van der Waals surface area contributed by atoms with Gasteiger partial charge in [-0.2, -0.15) is 0 Å². The molecule has 0 saturated carbocycles. The molecule has 2 atom stereocenters. The van der Waals surface area contributed by atoms with Gasteiger partial charge in [-0.05, 0) is 32.8 Å². The lowest BCUT2D eigenvalue weighted by molar-refractivity contribution is -0.384. The lowest BCUT2D eigenvalue weighted by Crippen LogP contribution is -2.44. The molecule has 0 radical (unpaired) electrons. The van der Waals surface area contributed by atoms with E-state index in [2.05, 4.69) is 0 Å². The lowest BCUT2D eigenvalue weighted by Gasteiger charge is -2.34. The van der Waals surface area contributed by atoms with Gasteiger partial charge in [-0.15, -0.1) is 0 Å². The van der Waals surface area contributed by atoms with Crippen molar-refractivity contribution in [3.05, 3.63) is 38.9 Å². The van der Waals surface area contributed by atoms with E-state index in [1.807, 2.05) is 27.7 Å². The largest absolute Gasteiger partial charge is 0.333 e. The van der Waals surface area contributed by atoms with Gasteiger partial charge >= 0.3 is 0 Å². The molecule has 1 amide bonds. The van der Waals surface area contributed by atoms with Crippen molar-refractivity contribution in [1.29, 1.82) is 0 Å². The summed E-state index contributed by atoms with van der Waals surface area (Å²) in [4.78, 5) is 24.9. The molecule has 0 aromatic heterocycles. The number of halogens is 1. The van der Waals surface area contributed by atoms with Crippen LogP contribution in [0.15, 0.2) is 18.2 Å². The second-order valence-corrected chi connectivity index (χ2v) is 5.56. The number of hydrogen-bond donors (Lipinski definition) is 0. The molecule has 0 aliphatic rings. The van der Waals surface area contributed by atoms with Crippen LogP contribution in [0.25, 0.3) is 0 Å². The zero-order valence-corrected chi connectivity index (χ0v) is 13.6. The molecule has 5 nitrogen and oxygen atoms in total. The molecule has 0 heterocycles. The molecular formula is C15H21ClN2O3. The molecule has 1 rings (SSSR count). The SMILES string of the molecule is CCC(C)N(C(=O)c1cc([N+](=O)[O-])ccc1Cl)C(C)CC. The van der Waals surface area contributed by atoms with Gasteiger partial charge in [-0.25, -0.2) is 0 Å². The molecule has 0 spiro atoms. The molecule has 1 aromatic carbocycles. The quantitative estimate of drug-likeness (QED) is 0.581. The highest BCUT2D eigenvalue weighted by molar-refractivity contribution is 6.34. The Morgan fingerprint density at radius 3 is 2.24 bits per heavy atom. The Bertz CT molecular complexity index is 524. The zero-order valence-electron chi connectivity index (χ0n) is 12.8. The fourth-order valence-corrected chi connectivity index (χ4v) is 2.36. The average Bonchev–Trinajstić information content (AvgIpc) is 2.46. The van der Waals surface area contributed by atoms with Crippen molar-refractivity contribution in [3.8, 4) is 0 Å². The first-order valence-electron chi connectivity index (χ1n) is 7.10. The lowest BCUT2D eigenvalue weighted by atomic mass is 10.1. The van der Waals surface area contributed by atoms with Crippen LogP contribution >= 0.6 is 11.6 Å². The maximum atomic E-state index is 12.8. The van der Waals surface area contributed by atoms with Gasteiger partial charge in [0.05, 0.1) is 15.5 Å². The topological polar surface area (TPSA) is 63.5 Å². The standard InChI is InChI=1S/C15H21ClN2O3/c1-5-10(3)17(11(4)6-2)15(19)13-9-12(18(20)21)7-8-14(13)16/h7-11H,5-6H2,1-4H3. The Morgan fingerprint density at radius 2 is 1.81 bits per heavy atom. The summed E-state index contributed by atoms with van der Waals surface area (Å²) >= 11 is 6.07. The predicted molar refractivity (Wildman–Crippen MR) is 83.8 cm³/mol. The third-order valence-electron chi connectivity index (χ3n) is 3.76. The summed E-state index contributed by atoms with van der Waals surface area (Å²) in [7, 11) is 0. The van der Waals surface area contributed by atoms with E-state index in [4.69, 9.17) is 11.6 Å². The molecule has 6 heteroatoms. The average molecular weight is 313 g/mol. The van der Waals surface area contributed by atoms with Crippen LogP contribution in [0, 0.1) is 10.1 Å². The van der Waals surface area contributed by atoms with Crippen molar-refractivity contribution in [1.82, 2.24) is 4.90 Å². The summed E-state index contributed by atoms with van der Waals surface area (Å²) in [6.07, 6.45) is 1.62. The van der Waals surface area contributed by atoms with Crippen molar-refractivity contribution in [2.24, 2.45) is 0 Å². The van der Waals surface area contributed by atoms with Crippen LogP contribution in [-0.2, 0) is 0 Å². The third kappa shape index (κ3) is 3.94. The minimum Gasteiger partial charge on any atom is -0.333 e. The molecule has 2 unspecified atom stereocenters. The molecular weight excluding hydrogens is 292 g/mol. The summed E-state index contributed by atoms with van der Waals surface area (Å²) in [5.41, 5.74) is 0.0578. The highest BCUT2D eigenvalue weighted by Gasteiger charge is 2.27. The van der Waals surface area contributed by atoms with Crippen LogP contribution in [0.2, 0.25) is 5.02 Å². The van der Waals surface area contributed by atoms with Gasteiger partial charge in [0.1, 0.15) is 0 Å². The second-order valence-electron chi connectivity index (χ2n) is 5.15.